The molecule has 1 saturated heterocycles. The Morgan fingerprint density at radius 1 is 1.22 bits per heavy atom. The first kappa shape index (κ1) is 18.1. The van der Waals surface area contributed by atoms with E-state index < -0.39 is 0 Å². The van der Waals surface area contributed by atoms with Crippen LogP contribution in [0, 0.1) is 5.82 Å². The lowest BCUT2D eigenvalue weighted by molar-refractivity contribution is -0.151. The first-order chi connectivity index (χ1) is 13.2. The number of hydrogen-bond donors (Lipinski definition) is 0. The van der Waals surface area contributed by atoms with Crippen LogP contribution >= 0.6 is 0 Å². The molecule has 3 atom stereocenters. The average molecular weight is 368 g/mol. The van der Waals surface area contributed by atoms with Crippen LogP contribution in [0.1, 0.15) is 42.7 Å². The molecule has 1 saturated carbocycles. The molecule has 0 spiro atoms. The summed E-state index contributed by atoms with van der Waals surface area (Å²) in [5.41, 5.74) is 1.86. The maximum Gasteiger partial charge on any atom is 0.230 e. The molecule has 27 heavy (non-hydrogen) atoms. The lowest BCUT2D eigenvalue weighted by Crippen LogP contribution is -2.56. The molecule has 5 heteroatoms. The second kappa shape index (κ2) is 8.17. The molecule has 4 rings (SSSR count). The number of hydrogen-bond acceptors (Lipinski definition) is 3. The van der Waals surface area contributed by atoms with Gasteiger partial charge < -0.3 is 9.64 Å². The Kier molecular flexibility index (Phi) is 5.48. The summed E-state index contributed by atoms with van der Waals surface area (Å²) in [6, 6.07) is 10.4. The van der Waals surface area contributed by atoms with Crippen LogP contribution in [0.4, 0.5) is 4.39 Å². The smallest absolute Gasteiger partial charge is 0.230 e. The molecule has 1 aromatic carbocycles. The number of rotatable bonds is 4. The summed E-state index contributed by atoms with van der Waals surface area (Å²) >= 11 is 0. The molecule has 1 aromatic heterocycles. The van der Waals surface area contributed by atoms with E-state index in [0.717, 1.165) is 30.4 Å². The van der Waals surface area contributed by atoms with Crippen LogP contribution in [-0.4, -0.2) is 41.1 Å². The van der Waals surface area contributed by atoms with Gasteiger partial charge in [-0.05, 0) is 48.6 Å². The van der Waals surface area contributed by atoms with Crippen molar-refractivity contribution in [3.05, 3.63) is 65.7 Å². The summed E-state index contributed by atoms with van der Waals surface area (Å²) in [7, 11) is 0. The monoisotopic (exact) mass is 368 g/mol. The van der Waals surface area contributed by atoms with Crippen molar-refractivity contribution >= 4 is 5.91 Å². The van der Waals surface area contributed by atoms with Crippen LogP contribution in [-0.2, 0) is 16.0 Å². The molecule has 2 aromatic rings. The summed E-state index contributed by atoms with van der Waals surface area (Å²) < 4.78 is 19.4. The van der Waals surface area contributed by atoms with Crippen molar-refractivity contribution < 1.29 is 13.9 Å². The SMILES string of the molecule is O=C(C(Cc1cccnc1)c1ccc(F)cc1)N1CCOC2CCCCC21. The van der Waals surface area contributed by atoms with Crippen LogP contribution in [0.2, 0.25) is 0 Å². The third-order valence-electron chi connectivity index (χ3n) is 5.75. The van der Waals surface area contributed by atoms with E-state index in [1.807, 2.05) is 17.0 Å². The molecule has 0 radical (unpaired) electrons. The van der Waals surface area contributed by atoms with E-state index in [4.69, 9.17) is 4.74 Å². The van der Waals surface area contributed by atoms with Gasteiger partial charge in [0.2, 0.25) is 5.91 Å². The standard InChI is InChI=1S/C22H25FN2O2/c23-18-9-7-17(8-10-18)19(14-16-4-3-11-24-15-16)22(26)25-12-13-27-21-6-2-1-5-20(21)25/h3-4,7-11,15,19-21H,1-2,5-6,12-14H2. The number of ether oxygens (including phenoxy) is 1. The Labute approximate surface area is 159 Å². The lowest BCUT2D eigenvalue weighted by Gasteiger charge is -2.45. The van der Waals surface area contributed by atoms with Crippen LogP contribution in [0.15, 0.2) is 48.8 Å². The van der Waals surface area contributed by atoms with Crippen molar-refractivity contribution in [2.45, 2.75) is 50.2 Å². The van der Waals surface area contributed by atoms with Crippen molar-refractivity contribution in [3.63, 3.8) is 0 Å². The highest BCUT2D eigenvalue weighted by atomic mass is 19.1. The largest absolute Gasteiger partial charge is 0.374 e. The van der Waals surface area contributed by atoms with Gasteiger partial charge in [0.1, 0.15) is 5.82 Å². The number of halogens is 1. The Hall–Kier alpha value is -2.27. The van der Waals surface area contributed by atoms with Crippen molar-refractivity contribution in [2.24, 2.45) is 0 Å². The minimum absolute atomic E-state index is 0.116. The van der Waals surface area contributed by atoms with E-state index in [-0.39, 0.29) is 29.8 Å². The van der Waals surface area contributed by atoms with Gasteiger partial charge >= 0.3 is 0 Å². The van der Waals surface area contributed by atoms with Gasteiger partial charge in [0.05, 0.1) is 24.7 Å². The molecule has 2 aliphatic rings. The number of carbonyl (C=O) groups excluding carboxylic acids is 1. The summed E-state index contributed by atoms with van der Waals surface area (Å²) in [6.45, 7) is 1.22. The number of nitrogens with zero attached hydrogens (tertiary/aromatic N) is 2. The topological polar surface area (TPSA) is 42.4 Å². The number of morpholine rings is 1. The van der Waals surface area contributed by atoms with E-state index in [1.165, 1.54) is 18.6 Å². The van der Waals surface area contributed by atoms with E-state index in [2.05, 4.69) is 4.98 Å². The van der Waals surface area contributed by atoms with Gasteiger partial charge in [0.25, 0.3) is 0 Å². The number of aromatic nitrogens is 1. The van der Waals surface area contributed by atoms with Crippen LogP contribution in [0.3, 0.4) is 0 Å². The van der Waals surface area contributed by atoms with Gasteiger partial charge in [0, 0.05) is 18.9 Å². The number of pyridine rings is 1. The van der Waals surface area contributed by atoms with Gasteiger partial charge in [0.15, 0.2) is 0 Å². The second-order valence-corrected chi connectivity index (χ2v) is 7.46. The highest BCUT2D eigenvalue weighted by molar-refractivity contribution is 5.84. The Morgan fingerprint density at radius 2 is 2.04 bits per heavy atom. The highest BCUT2D eigenvalue weighted by Gasteiger charge is 2.39. The maximum atomic E-state index is 13.6. The highest BCUT2D eigenvalue weighted by Crippen LogP contribution is 2.32. The summed E-state index contributed by atoms with van der Waals surface area (Å²) in [5, 5.41) is 0. The molecule has 2 heterocycles. The normalized spacial score (nSPS) is 23.5. The van der Waals surface area contributed by atoms with Crippen LogP contribution < -0.4 is 0 Å². The van der Waals surface area contributed by atoms with Gasteiger partial charge in [-0.1, -0.05) is 31.0 Å². The van der Waals surface area contributed by atoms with Crippen molar-refractivity contribution in [1.82, 2.24) is 9.88 Å². The molecule has 4 nitrogen and oxygen atoms in total. The van der Waals surface area contributed by atoms with E-state index in [9.17, 15) is 9.18 Å². The molecule has 3 unspecified atom stereocenters. The van der Waals surface area contributed by atoms with Crippen LogP contribution in [0.25, 0.3) is 0 Å². The molecular weight excluding hydrogens is 343 g/mol. The lowest BCUT2D eigenvalue weighted by atomic mass is 9.86. The summed E-state index contributed by atoms with van der Waals surface area (Å²) in [6.07, 6.45) is 8.58. The molecule has 1 amide bonds. The molecule has 1 aliphatic heterocycles. The molecule has 2 fully saturated rings. The van der Waals surface area contributed by atoms with Gasteiger partial charge in [-0.25, -0.2) is 4.39 Å². The first-order valence-corrected chi connectivity index (χ1v) is 9.79. The zero-order valence-electron chi connectivity index (χ0n) is 15.4. The minimum Gasteiger partial charge on any atom is -0.374 e. The molecular formula is C22H25FN2O2. The number of carbonyl (C=O) groups is 1. The molecule has 0 N–H and O–H groups in total. The maximum absolute atomic E-state index is 13.6. The predicted molar refractivity (Wildman–Crippen MR) is 101 cm³/mol. The number of fused-ring (bicyclic) bond motifs is 1. The molecule has 0 bridgehead atoms. The summed E-state index contributed by atoms with van der Waals surface area (Å²) in [4.78, 5) is 19.8. The fourth-order valence-corrected chi connectivity index (χ4v) is 4.37. The predicted octanol–water partition coefficient (Wildman–Crippen LogP) is 3.72. The van der Waals surface area contributed by atoms with E-state index in [1.54, 1.807) is 24.5 Å². The van der Waals surface area contributed by atoms with Gasteiger partial charge in [-0.3, -0.25) is 9.78 Å². The van der Waals surface area contributed by atoms with E-state index in [0.29, 0.717) is 19.6 Å². The fraction of sp³-hybridized carbons (Fsp3) is 0.455. The fourth-order valence-electron chi connectivity index (χ4n) is 4.37. The minimum atomic E-state index is -0.338. The third-order valence-corrected chi connectivity index (χ3v) is 5.75. The van der Waals surface area contributed by atoms with Crippen LogP contribution in [0.5, 0.6) is 0 Å². The van der Waals surface area contributed by atoms with Crippen molar-refractivity contribution in [1.29, 1.82) is 0 Å². The number of amides is 1. The number of benzene rings is 1. The quantitative estimate of drug-likeness (QED) is 0.826. The zero-order valence-corrected chi connectivity index (χ0v) is 15.4. The zero-order chi connectivity index (χ0) is 18.6. The average Bonchev–Trinajstić information content (AvgIpc) is 2.73. The second-order valence-electron chi connectivity index (χ2n) is 7.46. The summed E-state index contributed by atoms with van der Waals surface area (Å²) in [5.74, 6) is -0.508. The van der Waals surface area contributed by atoms with E-state index >= 15 is 0 Å². The first-order valence-electron chi connectivity index (χ1n) is 9.79. The van der Waals surface area contributed by atoms with Crippen molar-refractivity contribution in [3.8, 4) is 0 Å². The van der Waals surface area contributed by atoms with Crippen molar-refractivity contribution in [2.75, 3.05) is 13.2 Å². The third kappa shape index (κ3) is 4.03. The van der Waals surface area contributed by atoms with Gasteiger partial charge in [-0.15, -0.1) is 0 Å². The Balaban J connectivity index is 1.62. The molecule has 1 aliphatic carbocycles. The molecule has 142 valence electrons. The Bertz CT molecular complexity index is 764. The van der Waals surface area contributed by atoms with Gasteiger partial charge in [-0.2, -0.15) is 0 Å². The Morgan fingerprint density at radius 3 is 2.81 bits per heavy atom.